The van der Waals surface area contributed by atoms with E-state index >= 15 is 0 Å². The smallest absolute Gasteiger partial charge is 0.126 e. The summed E-state index contributed by atoms with van der Waals surface area (Å²) in [5.74, 6) is 1.36. The number of hydrogen-bond donors (Lipinski definition) is 2. The van der Waals surface area contributed by atoms with Crippen LogP contribution in [0.5, 0.6) is 0 Å². The molecule has 1 heterocycles. The molecule has 1 rings (SSSR count). The predicted octanol–water partition coefficient (Wildman–Crippen LogP) is 2.23. The summed E-state index contributed by atoms with van der Waals surface area (Å²) >= 11 is 0. The van der Waals surface area contributed by atoms with Crippen LogP contribution in [0, 0.1) is 5.92 Å². The summed E-state index contributed by atoms with van der Waals surface area (Å²) in [4.78, 5) is 4.12. The van der Waals surface area contributed by atoms with Gasteiger partial charge in [0, 0.05) is 12.2 Å². The molecule has 1 unspecified atom stereocenters. The van der Waals surface area contributed by atoms with Crippen molar-refractivity contribution in [1.29, 1.82) is 0 Å². The van der Waals surface area contributed by atoms with Crippen LogP contribution in [-0.2, 0) is 6.42 Å². The molecule has 16 heavy (non-hydrogen) atoms. The van der Waals surface area contributed by atoms with E-state index in [0.29, 0.717) is 17.8 Å². The van der Waals surface area contributed by atoms with E-state index in [-0.39, 0.29) is 0 Å². The van der Waals surface area contributed by atoms with E-state index in [1.54, 1.807) is 6.20 Å². The molecule has 0 saturated heterocycles. The third-order valence-corrected chi connectivity index (χ3v) is 2.64. The molecule has 3 N–H and O–H groups in total. The zero-order valence-electron chi connectivity index (χ0n) is 10.5. The van der Waals surface area contributed by atoms with Crippen LogP contribution in [0.25, 0.3) is 0 Å². The summed E-state index contributed by atoms with van der Waals surface area (Å²) in [7, 11) is 0. The molecule has 0 radical (unpaired) electrons. The first-order valence-corrected chi connectivity index (χ1v) is 6.06. The van der Waals surface area contributed by atoms with Gasteiger partial charge in [0.15, 0.2) is 0 Å². The fraction of sp³-hybridized carbons (Fsp3) is 0.615. The lowest BCUT2D eigenvalue weighted by molar-refractivity contribution is 0.424. The van der Waals surface area contributed by atoms with Crippen LogP contribution in [-0.4, -0.2) is 17.6 Å². The normalized spacial score (nSPS) is 13.0. The van der Waals surface area contributed by atoms with Crippen LogP contribution in [0.2, 0.25) is 0 Å². The Morgan fingerprint density at radius 3 is 2.75 bits per heavy atom. The van der Waals surface area contributed by atoms with E-state index in [2.05, 4.69) is 37.1 Å². The Hall–Kier alpha value is -1.09. The summed E-state index contributed by atoms with van der Waals surface area (Å²) in [6, 6.07) is 4.51. The van der Waals surface area contributed by atoms with E-state index in [1.165, 1.54) is 6.42 Å². The Morgan fingerprint density at radius 1 is 1.44 bits per heavy atom. The van der Waals surface area contributed by atoms with Gasteiger partial charge in [-0.05, 0) is 36.9 Å². The van der Waals surface area contributed by atoms with Crippen molar-refractivity contribution in [2.24, 2.45) is 5.92 Å². The largest absolute Gasteiger partial charge is 0.383 e. The average molecular weight is 221 g/mol. The van der Waals surface area contributed by atoms with E-state index in [1.807, 2.05) is 6.07 Å². The number of likely N-dealkylation sites (N-methyl/N-ethyl adjacent to an activating group) is 1. The molecular weight excluding hydrogens is 198 g/mol. The molecule has 0 saturated carbocycles. The molecule has 0 bridgehead atoms. The van der Waals surface area contributed by atoms with E-state index in [9.17, 15) is 0 Å². The van der Waals surface area contributed by atoms with Crippen molar-refractivity contribution >= 4 is 5.82 Å². The van der Waals surface area contributed by atoms with Gasteiger partial charge in [0.25, 0.3) is 0 Å². The van der Waals surface area contributed by atoms with Gasteiger partial charge in [-0.2, -0.15) is 0 Å². The second-order valence-electron chi connectivity index (χ2n) is 4.64. The highest BCUT2D eigenvalue weighted by Gasteiger charge is 2.12. The van der Waals surface area contributed by atoms with Gasteiger partial charge in [-0.15, -0.1) is 0 Å². The lowest BCUT2D eigenvalue weighted by atomic mass is 9.97. The molecule has 0 aliphatic carbocycles. The third kappa shape index (κ3) is 4.19. The number of nitrogens with one attached hydrogen (secondary N) is 1. The van der Waals surface area contributed by atoms with Crippen molar-refractivity contribution in [3.63, 3.8) is 0 Å². The number of nitrogen functional groups attached to an aromatic ring is 1. The zero-order valence-corrected chi connectivity index (χ0v) is 10.5. The molecule has 0 amide bonds. The molecule has 0 spiro atoms. The van der Waals surface area contributed by atoms with Crippen molar-refractivity contribution in [2.45, 2.75) is 39.7 Å². The Labute approximate surface area is 98.5 Å². The number of anilines is 1. The molecule has 0 aliphatic rings. The van der Waals surface area contributed by atoms with Gasteiger partial charge in [-0.25, -0.2) is 4.98 Å². The summed E-state index contributed by atoms with van der Waals surface area (Å²) in [6.07, 6.45) is 3.87. The van der Waals surface area contributed by atoms with E-state index in [0.717, 1.165) is 18.5 Å². The standard InChI is InChI=1S/C13H23N3/c1-4-15-12(8-10(2)3)9-11-6-5-7-16-13(11)14/h5-7,10,12,15H,4,8-9H2,1-3H3,(H2,14,16). The highest BCUT2D eigenvalue weighted by atomic mass is 14.9. The summed E-state index contributed by atoms with van der Waals surface area (Å²) in [5.41, 5.74) is 7.00. The van der Waals surface area contributed by atoms with Gasteiger partial charge in [0.1, 0.15) is 5.82 Å². The SMILES string of the molecule is CCNC(Cc1cccnc1N)CC(C)C. The molecule has 1 aromatic rings. The first-order chi connectivity index (χ1) is 7.63. The van der Waals surface area contributed by atoms with E-state index in [4.69, 9.17) is 5.73 Å². The first-order valence-electron chi connectivity index (χ1n) is 6.06. The van der Waals surface area contributed by atoms with Gasteiger partial charge in [0.05, 0.1) is 0 Å². The van der Waals surface area contributed by atoms with Gasteiger partial charge in [-0.3, -0.25) is 0 Å². The lowest BCUT2D eigenvalue weighted by Gasteiger charge is -2.20. The van der Waals surface area contributed by atoms with Crippen molar-refractivity contribution in [2.75, 3.05) is 12.3 Å². The maximum Gasteiger partial charge on any atom is 0.126 e. The van der Waals surface area contributed by atoms with Crippen molar-refractivity contribution < 1.29 is 0 Å². The molecule has 0 fully saturated rings. The van der Waals surface area contributed by atoms with Crippen LogP contribution in [0.3, 0.4) is 0 Å². The van der Waals surface area contributed by atoms with E-state index < -0.39 is 0 Å². The Morgan fingerprint density at radius 2 is 2.19 bits per heavy atom. The fourth-order valence-corrected chi connectivity index (χ4v) is 1.99. The molecule has 3 heteroatoms. The van der Waals surface area contributed by atoms with Crippen molar-refractivity contribution in [1.82, 2.24) is 10.3 Å². The molecule has 0 aromatic carbocycles. The van der Waals surface area contributed by atoms with Gasteiger partial charge >= 0.3 is 0 Å². The van der Waals surface area contributed by atoms with Crippen molar-refractivity contribution in [3.05, 3.63) is 23.9 Å². The quantitative estimate of drug-likeness (QED) is 0.774. The molecule has 90 valence electrons. The Bertz CT molecular complexity index is 310. The number of hydrogen-bond acceptors (Lipinski definition) is 3. The van der Waals surface area contributed by atoms with Gasteiger partial charge < -0.3 is 11.1 Å². The summed E-state index contributed by atoms with van der Waals surface area (Å²) < 4.78 is 0. The zero-order chi connectivity index (χ0) is 12.0. The molecule has 3 nitrogen and oxygen atoms in total. The highest BCUT2D eigenvalue weighted by molar-refractivity contribution is 5.38. The van der Waals surface area contributed by atoms with Crippen LogP contribution in [0.1, 0.15) is 32.8 Å². The predicted molar refractivity (Wildman–Crippen MR) is 69.3 cm³/mol. The lowest BCUT2D eigenvalue weighted by Crippen LogP contribution is -2.32. The topological polar surface area (TPSA) is 50.9 Å². The minimum Gasteiger partial charge on any atom is -0.383 e. The molecular formula is C13H23N3. The fourth-order valence-electron chi connectivity index (χ4n) is 1.99. The first kappa shape index (κ1) is 13.0. The minimum atomic E-state index is 0.497. The number of pyridine rings is 1. The van der Waals surface area contributed by atoms with Crippen LogP contribution in [0.15, 0.2) is 18.3 Å². The van der Waals surface area contributed by atoms with Crippen LogP contribution in [0.4, 0.5) is 5.82 Å². The monoisotopic (exact) mass is 221 g/mol. The second-order valence-corrected chi connectivity index (χ2v) is 4.64. The molecule has 0 aliphatic heterocycles. The molecule has 1 aromatic heterocycles. The van der Waals surface area contributed by atoms with Crippen molar-refractivity contribution in [3.8, 4) is 0 Å². The minimum absolute atomic E-state index is 0.497. The second kappa shape index (κ2) is 6.48. The number of rotatable bonds is 6. The maximum atomic E-state index is 5.86. The van der Waals surface area contributed by atoms with Gasteiger partial charge in [0.2, 0.25) is 0 Å². The maximum absolute atomic E-state index is 5.86. The van der Waals surface area contributed by atoms with Crippen LogP contribution >= 0.6 is 0 Å². The third-order valence-electron chi connectivity index (χ3n) is 2.64. The number of aromatic nitrogens is 1. The van der Waals surface area contributed by atoms with Gasteiger partial charge in [-0.1, -0.05) is 26.8 Å². The average Bonchev–Trinajstić information content (AvgIpc) is 2.21. The highest BCUT2D eigenvalue weighted by Crippen LogP contribution is 2.14. The summed E-state index contributed by atoms with van der Waals surface area (Å²) in [5, 5.41) is 3.51. The van der Waals surface area contributed by atoms with Crippen LogP contribution < -0.4 is 11.1 Å². The number of nitrogens with zero attached hydrogens (tertiary/aromatic N) is 1. The number of nitrogens with two attached hydrogens (primary N) is 1. The Balaban J connectivity index is 2.64. The Kier molecular flexibility index (Phi) is 5.26. The summed E-state index contributed by atoms with van der Waals surface area (Å²) in [6.45, 7) is 7.63. The molecule has 1 atom stereocenters.